The Bertz CT molecular complexity index is 980. The van der Waals surface area contributed by atoms with Crippen LogP contribution in [0.3, 0.4) is 0 Å². The molecule has 0 aliphatic carbocycles. The van der Waals surface area contributed by atoms with Crippen LogP contribution in [0.2, 0.25) is 0 Å². The average molecular weight is 477 g/mol. The van der Waals surface area contributed by atoms with Gasteiger partial charge < -0.3 is 4.18 Å². The molecule has 0 radical (unpaired) electrons. The van der Waals surface area contributed by atoms with E-state index in [1.807, 2.05) is 71.7 Å². The summed E-state index contributed by atoms with van der Waals surface area (Å²) in [7, 11) is -3.88. The van der Waals surface area contributed by atoms with Crippen LogP contribution < -0.4 is 21.2 Å². The number of aryl methyl sites for hydroxylation is 1. The fraction of sp³-hybridized carbons (Fsp3) is 0.0476. The predicted molar refractivity (Wildman–Crippen MR) is 99.0 cm³/mol. The molecule has 3 rings (SSSR count). The molecule has 0 N–H and O–H groups in total. The summed E-state index contributed by atoms with van der Waals surface area (Å²) in [5.74, 6) is 0.378. The number of halogens is 1. The average Bonchev–Trinajstić information content (AvgIpc) is 2.67. The zero-order chi connectivity index (χ0) is 18.4. The molecule has 26 heavy (non-hydrogen) atoms. The van der Waals surface area contributed by atoms with Gasteiger partial charge in [-0.15, -0.1) is 0 Å². The summed E-state index contributed by atoms with van der Waals surface area (Å²) < 4.78 is 34.0. The van der Waals surface area contributed by atoms with Crippen molar-refractivity contribution in [1.82, 2.24) is 0 Å². The van der Waals surface area contributed by atoms with Crippen LogP contribution in [0.25, 0.3) is 5.76 Å². The Morgan fingerprint density at radius 3 is 2.04 bits per heavy atom. The maximum absolute atomic E-state index is 12.7. The SMILES string of the molecule is Cc1ccc(S(=O)(=O)O/C(=C/[I+]c2ccccc2)c2ccccc2)cc1. The first-order valence-electron chi connectivity index (χ1n) is 8.00. The molecule has 0 aliphatic heterocycles. The van der Waals surface area contributed by atoms with Crippen molar-refractivity contribution in [1.29, 1.82) is 0 Å². The standard InChI is InChI=1S/C21H18IO3S/c1-17-12-14-20(15-13-17)26(23,24)25-21(18-8-4-2-5-9-18)16-22-19-10-6-3-7-11-19/h2-16H,1H3/q+1/b21-16+. The van der Waals surface area contributed by atoms with Gasteiger partial charge in [0.15, 0.2) is 9.33 Å². The van der Waals surface area contributed by atoms with Gasteiger partial charge in [-0.2, -0.15) is 8.42 Å². The summed E-state index contributed by atoms with van der Waals surface area (Å²) in [4.78, 5) is 0.155. The van der Waals surface area contributed by atoms with Gasteiger partial charge in [0.25, 0.3) is 0 Å². The van der Waals surface area contributed by atoms with E-state index >= 15 is 0 Å². The quantitative estimate of drug-likeness (QED) is 0.308. The van der Waals surface area contributed by atoms with Crippen molar-refractivity contribution < 1.29 is 33.8 Å². The van der Waals surface area contributed by atoms with Crippen molar-refractivity contribution in [3.8, 4) is 0 Å². The molecule has 0 aliphatic rings. The van der Waals surface area contributed by atoms with Crippen LogP contribution in [-0.4, -0.2) is 8.42 Å². The molecule has 0 saturated carbocycles. The molecule has 0 spiro atoms. The monoisotopic (exact) mass is 477 g/mol. The van der Waals surface area contributed by atoms with Crippen molar-refractivity contribution >= 4 is 15.9 Å². The van der Waals surface area contributed by atoms with E-state index in [1.165, 1.54) is 3.57 Å². The molecule has 0 atom stereocenters. The summed E-state index contributed by atoms with van der Waals surface area (Å²) >= 11 is -0.521. The molecular formula is C21H18IO3S+. The van der Waals surface area contributed by atoms with Gasteiger partial charge >= 0.3 is 31.3 Å². The van der Waals surface area contributed by atoms with Crippen LogP contribution in [0, 0.1) is 10.5 Å². The van der Waals surface area contributed by atoms with Gasteiger partial charge in [-0.05, 0) is 31.2 Å². The highest BCUT2D eigenvalue weighted by Gasteiger charge is 2.22. The fourth-order valence-corrected chi connectivity index (χ4v) is 5.28. The minimum absolute atomic E-state index is 0.155. The third-order valence-corrected chi connectivity index (χ3v) is 7.14. The normalized spacial score (nSPS) is 12.0. The Labute approximate surface area is 164 Å². The lowest BCUT2D eigenvalue weighted by molar-refractivity contribution is -0.556. The zero-order valence-corrected chi connectivity index (χ0v) is 17.1. The van der Waals surface area contributed by atoms with Gasteiger partial charge in [-0.1, -0.05) is 66.2 Å². The van der Waals surface area contributed by atoms with E-state index in [0.29, 0.717) is 5.76 Å². The van der Waals surface area contributed by atoms with E-state index in [1.54, 1.807) is 24.3 Å². The maximum atomic E-state index is 12.7. The zero-order valence-electron chi connectivity index (χ0n) is 14.2. The first kappa shape index (κ1) is 18.7. The van der Waals surface area contributed by atoms with Crippen LogP contribution >= 0.6 is 0 Å². The van der Waals surface area contributed by atoms with E-state index in [0.717, 1.165) is 11.1 Å². The van der Waals surface area contributed by atoms with Crippen LogP contribution in [0.5, 0.6) is 0 Å². The lowest BCUT2D eigenvalue weighted by atomic mass is 10.2. The van der Waals surface area contributed by atoms with Crippen molar-refractivity contribution in [3.63, 3.8) is 0 Å². The minimum Gasteiger partial charge on any atom is -0.374 e. The molecule has 132 valence electrons. The van der Waals surface area contributed by atoms with Gasteiger partial charge in [0.1, 0.15) is 4.90 Å². The first-order valence-corrected chi connectivity index (χ1v) is 11.7. The van der Waals surface area contributed by atoms with Gasteiger partial charge in [0, 0.05) is 5.56 Å². The highest BCUT2D eigenvalue weighted by atomic mass is 127. The third-order valence-electron chi connectivity index (χ3n) is 3.58. The molecule has 0 saturated heterocycles. The molecule has 0 unspecified atom stereocenters. The van der Waals surface area contributed by atoms with Crippen molar-refractivity contribution in [3.05, 3.63) is 104 Å². The van der Waals surface area contributed by atoms with Crippen molar-refractivity contribution in [2.24, 2.45) is 0 Å². The topological polar surface area (TPSA) is 43.4 Å². The highest BCUT2D eigenvalue weighted by molar-refractivity contribution is 7.87. The number of rotatable bonds is 6. The van der Waals surface area contributed by atoms with Crippen LogP contribution in [0.15, 0.2) is 93.9 Å². The fourth-order valence-electron chi connectivity index (χ4n) is 2.20. The lowest BCUT2D eigenvalue weighted by Gasteiger charge is -2.09. The van der Waals surface area contributed by atoms with Gasteiger partial charge in [0.2, 0.25) is 4.08 Å². The van der Waals surface area contributed by atoms with E-state index in [2.05, 4.69) is 0 Å². The maximum Gasteiger partial charge on any atom is 0.353 e. The summed E-state index contributed by atoms with van der Waals surface area (Å²) in [5, 5.41) is 0. The van der Waals surface area contributed by atoms with Crippen molar-refractivity contribution in [2.75, 3.05) is 0 Å². The summed E-state index contributed by atoms with van der Waals surface area (Å²) in [6.07, 6.45) is 0. The summed E-state index contributed by atoms with van der Waals surface area (Å²) in [6.45, 7) is 1.91. The molecule has 3 aromatic rings. The van der Waals surface area contributed by atoms with Crippen LogP contribution in [-0.2, 0) is 14.3 Å². The number of hydrogen-bond donors (Lipinski definition) is 0. The summed E-state index contributed by atoms with van der Waals surface area (Å²) in [5.41, 5.74) is 1.75. The molecule has 5 heteroatoms. The second-order valence-electron chi connectivity index (χ2n) is 5.59. The Kier molecular flexibility index (Phi) is 6.11. The summed E-state index contributed by atoms with van der Waals surface area (Å²) in [6, 6.07) is 26.0. The Morgan fingerprint density at radius 2 is 1.42 bits per heavy atom. The highest BCUT2D eigenvalue weighted by Crippen LogP contribution is 2.22. The molecule has 0 heterocycles. The van der Waals surface area contributed by atoms with E-state index < -0.39 is 31.3 Å². The second-order valence-corrected chi connectivity index (χ2v) is 9.63. The molecule has 3 nitrogen and oxygen atoms in total. The van der Waals surface area contributed by atoms with E-state index in [-0.39, 0.29) is 4.90 Å². The number of benzene rings is 3. The number of hydrogen-bond acceptors (Lipinski definition) is 3. The molecule has 0 aromatic heterocycles. The minimum atomic E-state index is -3.88. The Morgan fingerprint density at radius 1 is 0.846 bits per heavy atom. The van der Waals surface area contributed by atoms with Crippen LogP contribution in [0.4, 0.5) is 0 Å². The van der Waals surface area contributed by atoms with Crippen LogP contribution in [0.1, 0.15) is 11.1 Å². The molecular weight excluding hydrogens is 459 g/mol. The molecule has 0 amide bonds. The van der Waals surface area contributed by atoms with Gasteiger partial charge in [-0.3, -0.25) is 0 Å². The molecule has 0 bridgehead atoms. The second kappa shape index (κ2) is 8.51. The lowest BCUT2D eigenvalue weighted by Crippen LogP contribution is -3.59. The predicted octanol–water partition coefficient (Wildman–Crippen LogP) is 1.66. The van der Waals surface area contributed by atoms with Crippen molar-refractivity contribution in [2.45, 2.75) is 11.8 Å². The molecule has 0 fully saturated rings. The largest absolute Gasteiger partial charge is 0.374 e. The third kappa shape index (κ3) is 4.95. The molecule has 3 aromatic carbocycles. The van der Waals surface area contributed by atoms with Gasteiger partial charge in [0.05, 0.1) is 0 Å². The smallest absolute Gasteiger partial charge is 0.353 e. The first-order chi connectivity index (χ1) is 12.5. The Hall–Kier alpha value is -2.12. The van der Waals surface area contributed by atoms with Gasteiger partial charge in [-0.25, -0.2) is 0 Å². The van der Waals surface area contributed by atoms with E-state index in [4.69, 9.17) is 4.18 Å². The Balaban J connectivity index is 1.92. The van der Waals surface area contributed by atoms with E-state index in [9.17, 15) is 8.42 Å².